The molecule has 1 aromatic rings. The molecule has 0 saturated carbocycles. The van der Waals surface area contributed by atoms with Crippen LogP contribution >= 0.6 is 0 Å². The molecule has 0 bridgehead atoms. The van der Waals surface area contributed by atoms with E-state index < -0.39 is 15.4 Å². The van der Waals surface area contributed by atoms with Gasteiger partial charge in [0.05, 0.1) is 11.5 Å². The van der Waals surface area contributed by atoms with Crippen LogP contribution in [0.3, 0.4) is 0 Å². The normalized spacial score (nSPS) is 23.8. The summed E-state index contributed by atoms with van der Waals surface area (Å²) >= 11 is 0. The number of benzene rings is 1. The maximum Gasteiger partial charge on any atom is 0.266 e. The van der Waals surface area contributed by atoms with Crippen LogP contribution in [0.1, 0.15) is 20.3 Å². The molecule has 2 aliphatic heterocycles. The average Bonchev–Trinajstić information content (AvgIpc) is 2.96. The molecule has 2 saturated heterocycles. The molecule has 0 spiro atoms. The monoisotopic (exact) mass is 384 g/mol. The average molecular weight is 384 g/mol. The molecule has 0 radical (unpaired) electrons. The van der Waals surface area contributed by atoms with E-state index in [4.69, 9.17) is 4.74 Å². The second-order valence-electron chi connectivity index (χ2n) is 7.45. The third-order valence-electron chi connectivity index (χ3n) is 5.03. The van der Waals surface area contributed by atoms with Crippen molar-refractivity contribution >= 4 is 15.7 Å². The predicted octanol–water partition coefficient (Wildman–Crippen LogP) is 1.31. The van der Waals surface area contributed by atoms with Crippen LogP contribution in [-0.2, 0) is 14.6 Å². The van der Waals surface area contributed by atoms with Gasteiger partial charge in [-0.25, -0.2) is 12.8 Å². The highest BCUT2D eigenvalue weighted by Gasteiger charge is 2.38. The summed E-state index contributed by atoms with van der Waals surface area (Å²) in [5, 5.41) is 0. The van der Waals surface area contributed by atoms with Crippen molar-refractivity contribution in [2.24, 2.45) is 0 Å². The van der Waals surface area contributed by atoms with Crippen LogP contribution in [0.15, 0.2) is 24.3 Å². The fraction of sp³-hybridized carbons (Fsp3) is 0.611. The maximum absolute atomic E-state index is 13.0. The lowest BCUT2D eigenvalue weighted by Gasteiger charge is -2.40. The van der Waals surface area contributed by atoms with E-state index in [0.29, 0.717) is 38.3 Å². The van der Waals surface area contributed by atoms with E-state index in [0.717, 1.165) is 0 Å². The second kappa shape index (κ2) is 7.15. The molecule has 2 aliphatic rings. The first-order valence-electron chi connectivity index (χ1n) is 8.85. The summed E-state index contributed by atoms with van der Waals surface area (Å²) in [7, 11) is -2.90. The molecule has 144 valence electrons. The SMILES string of the molecule is CC(C)(Oc1ccc(F)cc1)C(=O)N1CCN(C2CCS(=O)(=O)C2)CC1. The summed E-state index contributed by atoms with van der Waals surface area (Å²) in [6, 6.07) is 5.67. The first kappa shape index (κ1) is 19.1. The van der Waals surface area contributed by atoms with E-state index in [9.17, 15) is 17.6 Å². The fourth-order valence-electron chi connectivity index (χ4n) is 3.58. The molecule has 1 amide bonds. The molecule has 0 aromatic heterocycles. The minimum atomic E-state index is -2.90. The lowest BCUT2D eigenvalue weighted by molar-refractivity contribution is -0.147. The van der Waals surface area contributed by atoms with Crippen molar-refractivity contribution in [1.82, 2.24) is 9.80 Å². The molecular formula is C18H25FN2O4S. The summed E-state index contributed by atoms with van der Waals surface area (Å²) in [4.78, 5) is 16.8. The van der Waals surface area contributed by atoms with Crippen molar-refractivity contribution in [1.29, 1.82) is 0 Å². The third-order valence-corrected chi connectivity index (χ3v) is 6.78. The Morgan fingerprint density at radius 3 is 2.31 bits per heavy atom. The van der Waals surface area contributed by atoms with Crippen LogP contribution in [0.25, 0.3) is 0 Å². The van der Waals surface area contributed by atoms with Crippen LogP contribution in [0.2, 0.25) is 0 Å². The quantitative estimate of drug-likeness (QED) is 0.783. The van der Waals surface area contributed by atoms with Crippen molar-refractivity contribution in [3.8, 4) is 5.75 Å². The maximum atomic E-state index is 13.0. The molecule has 1 unspecified atom stereocenters. The summed E-state index contributed by atoms with van der Waals surface area (Å²) in [6.07, 6.45) is 0.676. The van der Waals surface area contributed by atoms with E-state index in [-0.39, 0.29) is 29.3 Å². The van der Waals surface area contributed by atoms with Crippen molar-refractivity contribution in [3.05, 3.63) is 30.1 Å². The van der Waals surface area contributed by atoms with Gasteiger partial charge >= 0.3 is 0 Å². The van der Waals surface area contributed by atoms with Gasteiger partial charge in [0.1, 0.15) is 11.6 Å². The molecule has 3 rings (SSSR count). The van der Waals surface area contributed by atoms with E-state index in [1.165, 1.54) is 24.3 Å². The number of ether oxygens (including phenoxy) is 1. The van der Waals surface area contributed by atoms with Gasteiger partial charge in [0.2, 0.25) is 0 Å². The number of halogens is 1. The van der Waals surface area contributed by atoms with Gasteiger partial charge in [-0.15, -0.1) is 0 Å². The number of carbonyl (C=O) groups excluding carboxylic acids is 1. The standard InChI is InChI=1S/C18H25FN2O4S/c1-18(2,25-16-5-3-14(19)4-6-16)17(22)21-10-8-20(9-11-21)15-7-12-26(23,24)13-15/h3-6,15H,7-13H2,1-2H3. The first-order chi connectivity index (χ1) is 12.2. The van der Waals surface area contributed by atoms with Gasteiger partial charge in [-0.1, -0.05) is 0 Å². The number of rotatable bonds is 4. The number of sulfone groups is 1. The zero-order chi connectivity index (χ0) is 18.9. The highest BCUT2D eigenvalue weighted by atomic mass is 32.2. The molecule has 8 heteroatoms. The number of amides is 1. The summed E-state index contributed by atoms with van der Waals surface area (Å²) < 4.78 is 42.1. The largest absolute Gasteiger partial charge is 0.478 e. The van der Waals surface area contributed by atoms with Crippen LogP contribution < -0.4 is 4.74 Å². The van der Waals surface area contributed by atoms with E-state index >= 15 is 0 Å². The Morgan fingerprint density at radius 2 is 1.77 bits per heavy atom. The Hall–Kier alpha value is -1.67. The lowest BCUT2D eigenvalue weighted by atomic mass is 10.1. The summed E-state index contributed by atoms with van der Waals surface area (Å²) in [6.45, 7) is 5.83. The molecule has 2 fully saturated rings. The van der Waals surface area contributed by atoms with Gasteiger partial charge in [0.15, 0.2) is 15.4 Å². The summed E-state index contributed by atoms with van der Waals surface area (Å²) in [5.41, 5.74) is -1.06. The molecule has 6 nitrogen and oxygen atoms in total. The number of hydrogen-bond donors (Lipinski definition) is 0. The zero-order valence-corrected chi connectivity index (χ0v) is 16.0. The molecule has 2 heterocycles. The predicted molar refractivity (Wildman–Crippen MR) is 96.3 cm³/mol. The van der Waals surface area contributed by atoms with Gasteiger partial charge in [-0.05, 0) is 44.5 Å². The molecule has 26 heavy (non-hydrogen) atoms. The van der Waals surface area contributed by atoms with E-state index in [1.54, 1.807) is 18.7 Å². The number of piperazine rings is 1. The van der Waals surface area contributed by atoms with Gasteiger partial charge in [-0.3, -0.25) is 9.69 Å². The molecule has 0 aliphatic carbocycles. The Bertz CT molecular complexity index is 756. The Labute approximate surface area is 153 Å². The van der Waals surface area contributed by atoms with Gasteiger partial charge < -0.3 is 9.64 Å². The Morgan fingerprint density at radius 1 is 1.15 bits per heavy atom. The minimum absolute atomic E-state index is 0.0701. The van der Waals surface area contributed by atoms with Crippen molar-refractivity contribution in [2.45, 2.75) is 31.9 Å². The van der Waals surface area contributed by atoms with Crippen LogP contribution in [0.4, 0.5) is 4.39 Å². The smallest absolute Gasteiger partial charge is 0.266 e. The number of nitrogens with zero attached hydrogens (tertiary/aromatic N) is 2. The van der Waals surface area contributed by atoms with E-state index in [2.05, 4.69) is 4.90 Å². The molecule has 1 aromatic carbocycles. The summed E-state index contributed by atoms with van der Waals surface area (Å²) in [5.74, 6) is 0.446. The zero-order valence-electron chi connectivity index (χ0n) is 15.2. The second-order valence-corrected chi connectivity index (χ2v) is 9.68. The fourth-order valence-corrected chi connectivity index (χ4v) is 5.34. The van der Waals surface area contributed by atoms with Crippen molar-refractivity contribution in [2.75, 3.05) is 37.7 Å². The Kier molecular flexibility index (Phi) is 5.25. The first-order valence-corrected chi connectivity index (χ1v) is 10.7. The molecular weight excluding hydrogens is 359 g/mol. The van der Waals surface area contributed by atoms with Crippen LogP contribution in [-0.4, -0.2) is 73.5 Å². The van der Waals surface area contributed by atoms with Crippen molar-refractivity contribution in [3.63, 3.8) is 0 Å². The Balaban J connectivity index is 1.56. The molecule has 0 N–H and O–H groups in total. The number of hydrogen-bond acceptors (Lipinski definition) is 5. The van der Waals surface area contributed by atoms with Gasteiger partial charge in [0, 0.05) is 32.2 Å². The highest BCUT2D eigenvalue weighted by molar-refractivity contribution is 7.91. The van der Waals surface area contributed by atoms with Gasteiger partial charge in [-0.2, -0.15) is 0 Å². The van der Waals surface area contributed by atoms with Crippen LogP contribution in [0.5, 0.6) is 5.75 Å². The lowest BCUT2D eigenvalue weighted by Crippen LogP contribution is -2.57. The van der Waals surface area contributed by atoms with Crippen LogP contribution in [0, 0.1) is 5.82 Å². The topological polar surface area (TPSA) is 66.9 Å². The van der Waals surface area contributed by atoms with Crippen molar-refractivity contribution < 1.29 is 22.3 Å². The van der Waals surface area contributed by atoms with E-state index in [1.807, 2.05) is 0 Å². The highest BCUT2D eigenvalue weighted by Crippen LogP contribution is 2.23. The third kappa shape index (κ3) is 4.35. The number of carbonyl (C=O) groups is 1. The minimum Gasteiger partial charge on any atom is -0.478 e. The molecule has 1 atom stereocenters. The van der Waals surface area contributed by atoms with Gasteiger partial charge in [0.25, 0.3) is 5.91 Å².